The van der Waals surface area contributed by atoms with Gasteiger partial charge in [-0.05, 0) is 28.5 Å². The Kier molecular flexibility index (Phi) is 5.39. The number of methoxy groups -OCH3 is 1. The van der Waals surface area contributed by atoms with Crippen LogP contribution in [0.1, 0.15) is 11.1 Å². The van der Waals surface area contributed by atoms with Crippen LogP contribution in [0.25, 0.3) is 10.8 Å². The molecule has 0 aliphatic carbocycles. The van der Waals surface area contributed by atoms with E-state index in [1.54, 1.807) is 18.2 Å². The molecule has 1 aliphatic heterocycles. The van der Waals surface area contributed by atoms with Gasteiger partial charge in [-0.2, -0.15) is 5.10 Å². The maximum absolute atomic E-state index is 12.4. The smallest absolute Gasteiger partial charge is 0.239 e. The van der Waals surface area contributed by atoms with Crippen molar-refractivity contribution in [3.8, 4) is 5.75 Å². The molecule has 4 rings (SSSR count). The highest BCUT2D eigenvalue weighted by Crippen LogP contribution is 2.26. The molecule has 6 heteroatoms. The zero-order chi connectivity index (χ0) is 19.3. The molecule has 0 aromatic heterocycles. The summed E-state index contributed by atoms with van der Waals surface area (Å²) in [5, 5.41) is 11.4. The fraction of sp³-hybridized carbons (Fsp3) is 0.136. The molecule has 1 fully saturated rings. The summed E-state index contributed by atoms with van der Waals surface area (Å²) in [7, 11) is 1.62. The van der Waals surface area contributed by atoms with Crippen LogP contribution in [0.5, 0.6) is 5.75 Å². The fourth-order valence-electron chi connectivity index (χ4n) is 3.14. The maximum Gasteiger partial charge on any atom is 0.239 e. The number of fused-ring (bicyclic) bond motifs is 1. The summed E-state index contributed by atoms with van der Waals surface area (Å²) in [6, 6.07) is 21.9. The summed E-state index contributed by atoms with van der Waals surface area (Å²) in [5.41, 5.74) is 1.93. The van der Waals surface area contributed by atoms with E-state index in [1.165, 1.54) is 11.8 Å². The molecule has 0 unspecified atom stereocenters. The number of thioether (sulfide) groups is 1. The first-order valence-corrected chi connectivity index (χ1v) is 9.88. The number of carbonyl (C=O) groups is 1. The molecule has 5 nitrogen and oxygen atoms in total. The molecular formula is C22H19N3O2S. The average Bonchev–Trinajstić information content (AvgIpc) is 3.08. The number of nitrogens with zero attached hydrogens (tertiary/aromatic N) is 3. The number of benzene rings is 3. The number of hydrogen-bond donors (Lipinski definition) is 0. The lowest BCUT2D eigenvalue weighted by Gasteiger charge is -2.16. The highest BCUT2D eigenvalue weighted by molar-refractivity contribution is 8.15. The number of amides is 1. The Labute approximate surface area is 167 Å². The van der Waals surface area contributed by atoms with Gasteiger partial charge in [0, 0.05) is 5.56 Å². The number of carbonyl (C=O) groups excluding carboxylic acids is 1. The van der Waals surface area contributed by atoms with Crippen LogP contribution in [0.3, 0.4) is 0 Å². The molecule has 1 aliphatic rings. The van der Waals surface area contributed by atoms with Gasteiger partial charge in [0.1, 0.15) is 5.75 Å². The summed E-state index contributed by atoms with van der Waals surface area (Å²) in [6.45, 7) is 0.482. The Balaban J connectivity index is 1.58. The molecule has 3 aromatic carbocycles. The number of para-hydroxylation sites is 1. The molecule has 0 N–H and O–H groups in total. The average molecular weight is 389 g/mol. The Bertz CT molecular complexity index is 1070. The molecule has 1 amide bonds. The van der Waals surface area contributed by atoms with E-state index in [4.69, 9.17) is 4.74 Å². The SMILES string of the molecule is COc1ccccc1C=NN=C1SCC(=O)N1Cc1cccc2ccccc12. The van der Waals surface area contributed by atoms with Gasteiger partial charge < -0.3 is 4.74 Å². The fourth-order valence-corrected chi connectivity index (χ4v) is 3.98. The van der Waals surface area contributed by atoms with Crippen LogP contribution in [-0.2, 0) is 11.3 Å². The molecule has 0 bridgehead atoms. The molecule has 1 heterocycles. The van der Waals surface area contributed by atoms with Gasteiger partial charge in [0.05, 0.1) is 25.6 Å². The molecular weight excluding hydrogens is 370 g/mol. The van der Waals surface area contributed by atoms with Gasteiger partial charge in [-0.25, -0.2) is 0 Å². The van der Waals surface area contributed by atoms with Crippen LogP contribution >= 0.6 is 11.8 Å². The van der Waals surface area contributed by atoms with Gasteiger partial charge in [0.15, 0.2) is 5.17 Å². The first-order chi connectivity index (χ1) is 13.8. The Morgan fingerprint density at radius 3 is 2.75 bits per heavy atom. The summed E-state index contributed by atoms with van der Waals surface area (Å²) >= 11 is 1.41. The lowest BCUT2D eigenvalue weighted by molar-refractivity contribution is -0.124. The normalized spacial score (nSPS) is 15.8. The van der Waals surface area contributed by atoms with Gasteiger partial charge in [-0.1, -0.05) is 66.4 Å². The van der Waals surface area contributed by atoms with E-state index in [9.17, 15) is 4.79 Å². The van der Waals surface area contributed by atoms with E-state index in [-0.39, 0.29) is 5.91 Å². The first kappa shape index (κ1) is 18.3. The highest BCUT2D eigenvalue weighted by Gasteiger charge is 2.28. The molecule has 0 saturated carbocycles. The summed E-state index contributed by atoms with van der Waals surface area (Å²) in [4.78, 5) is 14.1. The van der Waals surface area contributed by atoms with Crippen LogP contribution in [0, 0.1) is 0 Å². The zero-order valence-corrected chi connectivity index (χ0v) is 16.2. The zero-order valence-electron chi connectivity index (χ0n) is 15.4. The van der Waals surface area contributed by atoms with E-state index in [0.29, 0.717) is 17.5 Å². The van der Waals surface area contributed by atoms with Gasteiger partial charge in [-0.3, -0.25) is 9.69 Å². The lowest BCUT2D eigenvalue weighted by atomic mass is 10.0. The van der Waals surface area contributed by atoms with Crippen LogP contribution in [0.15, 0.2) is 76.9 Å². The van der Waals surface area contributed by atoms with Crippen molar-refractivity contribution in [1.82, 2.24) is 4.90 Å². The van der Waals surface area contributed by atoms with E-state index in [2.05, 4.69) is 28.4 Å². The van der Waals surface area contributed by atoms with Crippen molar-refractivity contribution in [3.05, 3.63) is 77.9 Å². The third-order valence-electron chi connectivity index (χ3n) is 4.54. The molecule has 1 saturated heterocycles. The lowest BCUT2D eigenvalue weighted by Crippen LogP contribution is -2.28. The predicted octanol–water partition coefficient (Wildman–Crippen LogP) is 4.31. The van der Waals surface area contributed by atoms with Crippen molar-refractivity contribution in [2.75, 3.05) is 12.9 Å². The number of ether oxygens (including phenoxy) is 1. The van der Waals surface area contributed by atoms with Crippen molar-refractivity contribution in [2.24, 2.45) is 10.2 Å². The predicted molar refractivity (Wildman–Crippen MR) is 115 cm³/mol. The monoisotopic (exact) mass is 389 g/mol. The Morgan fingerprint density at radius 2 is 1.86 bits per heavy atom. The van der Waals surface area contributed by atoms with Crippen LogP contribution in [0.4, 0.5) is 0 Å². The van der Waals surface area contributed by atoms with Crippen molar-refractivity contribution in [1.29, 1.82) is 0 Å². The van der Waals surface area contributed by atoms with Crippen LogP contribution in [-0.4, -0.2) is 35.1 Å². The number of hydrogen-bond acceptors (Lipinski definition) is 5. The highest BCUT2D eigenvalue weighted by atomic mass is 32.2. The van der Waals surface area contributed by atoms with Gasteiger partial charge in [-0.15, -0.1) is 5.10 Å². The summed E-state index contributed by atoms with van der Waals surface area (Å²) in [5.74, 6) is 1.16. The second-order valence-corrected chi connectivity index (χ2v) is 7.22. The number of rotatable bonds is 5. The molecule has 3 aromatic rings. The minimum atomic E-state index is 0.0455. The summed E-state index contributed by atoms with van der Waals surface area (Å²) in [6.07, 6.45) is 1.64. The third kappa shape index (κ3) is 3.77. The van der Waals surface area contributed by atoms with E-state index in [0.717, 1.165) is 27.6 Å². The molecule has 140 valence electrons. The van der Waals surface area contributed by atoms with Crippen LogP contribution < -0.4 is 4.74 Å². The minimum absolute atomic E-state index is 0.0455. The molecule has 0 radical (unpaired) electrons. The number of amidine groups is 1. The van der Waals surface area contributed by atoms with Crippen molar-refractivity contribution < 1.29 is 9.53 Å². The Morgan fingerprint density at radius 1 is 1.07 bits per heavy atom. The maximum atomic E-state index is 12.4. The van der Waals surface area contributed by atoms with E-state index >= 15 is 0 Å². The first-order valence-electron chi connectivity index (χ1n) is 8.90. The van der Waals surface area contributed by atoms with Crippen molar-refractivity contribution in [3.63, 3.8) is 0 Å². The molecule has 0 spiro atoms. The Hall–Kier alpha value is -3.12. The standard InChI is InChI=1S/C22H19N3O2S/c1-27-20-12-5-3-8-17(20)13-23-24-22-25(21(26)15-28-22)14-18-10-6-9-16-7-2-4-11-19(16)18/h2-13H,14-15H2,1H3. The van der Waals surface area contributed by atoms with Crippen molar-refractivity contribution >= 4 is 39.8 Å². The quantitative estimate of drug-likeness (QED) is 0.483. The van der Waals surface area contributed by atoms with Gasteiger partial charge in [0.25, 0.3) is 0 Å². The van der Waals surface area contributed by atoms with E-state index in [1.807, 2.05) is 48.5 Å². The van der Waals surface area contributed by atoms with E-state index < -0.39 is 0 Å². The van der Waals surface area contributed by atoms with Gasteiger partial charge in [0.2, 0.25) is 5.91 Å². The minimum Gasteiger partial charge on any atom is -0.496 e. The second-order valence-electron chi connectivity index (χ2n) is 6.28. The topological polar surface area (TPSA) is 54.3 Å². The van der Waals surface area contributed by atoms with Gasteiger partial charge >= 0.3 is 0 Å². The van der Waals surface area contributed by atoms with Crippen LogP contribution in [0.2, 0.25) is 0 Å². The summed E-state index contributed by atoms with van der Waals surface area (Å²) < 4.78 is 5.32. The second kappa shape index (κ2) is 8.27. The molecule has 0 atom stereocenters. The molecule has 28 heavy (non-hydrogen) atoms. The largest absolute Gasteiger partial charge is 0.496 e. The van der Waals surface area contributed by atoms with Crippen molar-refractivity contribution in [2.45, 2.75) is 6.54 Å². The third-order valence-corrected chi connectivity index (χ3v) is 5.50.